The highest BCUT2D eigenvalue weighted by Gasteiger charge is 2.15. The molecule has 18 nitrogen and oxygen atoms in total. The summed E-state index contributed by atoms with van der Waals surface area (Å²) in [7, 11) is 0. The first-order chi connectivity index (χ1) is 35.2. The van der Waals surface area contributed by atoms with Crippen LogP contribution in [0.4, 0.5) is 33.4 Å². The predicted molar refractivity (Wildman–Crippen MR) is 283 cm³/mol. The maximum Gasteiger partial charge on any atom is 0.407 e. The number of unbranched alkanes of at least 4 members (excludes halogenated alkanes) is 2. The van der Waals surface area contributed by atoms with E-state index in [2.05, 4.69) is 83.0 Å². The lowest BCUT2D eigenvalue weighted by molar-refractivity contribution is 0.150. The number of ether oxygens (including phenoxy) is 4. The number of fused-ring (bicyclic) bond motifs is 1. The van der Waals surface area contributed by atoms with E-state index in [0.717, 1.165) is 96.4 Å². The number of anilines is 4. The Morgan fingerprint density at radius 1 is 0.486 bits per heavy atom. The fraction of sp³-hybridized carbons (Fsp3) is 0.444. The smallest absolute Gasteiger partial charge is 0.407 e. The van der Waals surface area contributed by atoms with Gasteiger partial charge in [0.15, 0.2) is 0 Å². The fourth-order valence-electron chi connectivity index (χ4n) is 7.82. The number of carbonyl (C=O) groups is 2. The van der Waals surface area contributed by atoms with Crippen LogP contribution in [0.3, 0.4) is 0 Å². The van der Waals surface area contributed by atoms with Crippen LogP contribution in [0.25, 0.3) is 10.8 Å². The molecule has 0 atom stereocenters. The van der Waals surface area contributed by atoms with Gasteiger partial charge in [0, 0.05) is 65.2 Å². The standard InChI is InChI=1S/C54H72N12O6/c1-7-65(8-2)51-61-47(33-39-19-17-21-41(31-39)37-57-53(67)69-11-5)59-49(63-51)55-27-13-15-29-71-45-25-23-43-24-26-46(36-44(43)35-45)72-30-16-14-28-56-50-60-48(62-52(64-50)66(9-3)10-4)34-40-20-18-22-42(32-40)38-58-54(68)70-12-6/h17-26,31-32,35-36H,7-16,27-30,33-34,37-38H2,1-6H3,(H,57,67)(H,58,68)(H,55,59,61,63)(H,56,60,62,64). The molecule has 0 aliphatic carbocycles. The van der Waals surface area contributed by atoms with Crippen LogP contribution in [-0.2, 0) is 35.4 Å². The molecule has 6 aromatic rings. The second-order valence-electron chi connectivity index (χ2n) is 16.9. The fourth-order valence-corrected chi connectivity index (χ4v) is 7.82. The maximum atomic E-state index is 11.8. The van der Waals surface area contributed by atoms with E-state index in [1.54, 1.807) is 13.8 Å². The van der Waals surface area contributed by atoms with Crippen LogP contribution in [0.5, 0.6) is 11.5 Å². The highest BCUT2D eigenvalue weighted by atomic mass is 16.6. The van der Waals surface area contributed by atoms with Gasteiger partial charge in [-0.05, 0) is 125 Å². The molecule has 6 rings (SSSR count). The lowest BCUT2D eigenvalue weighted by Gasteiger charge is -2.20. The second kappa shape index (κ2) is 29.0. The monoisotopic (exact) mass is 985 g/mol. The van der Waals surface area contributed by atoms with E-state index in [1.165, 1.54) is 0 Å². The third-order valence-corrected chi connectivity index (χ3v) is 11.6. The molecule has 0 saturated heterocycles. The molecule has 4 aromatic carbocycles. The molecular formula is C54H72N12O6. The van der Waals surface area contributed by atoms with Crippen LogP contribution in [0, 0.1) is 0 Å². The quantitative estimate of drug-likeness (QED) is 0.0311. The van der Waals surface area contributed by atoms with Crippen LogP contribution >= 0.6 is 0 Å². The molecule has 0 spiro atoms. The van der Waals surface area contributed by atoms with Crippen molar-refractivity contribution in [3.8, 4) is 11.5 Å². The van der Waals surface area contributed by atoms with Crippen molar-refractivity contribution in [3.63, 3.8) is 0 Å². The predicted octanol–water partition coefficient (Wildman–Crippen LogP) is 9.12. The van der Waals surface area contributed by atoms with Gasteiger partial charge in [0.05, 0.1) is 26.4 Å². The van der Waals surface area contributed by atoms with E-state index < -0.39 is 12.2 Å². The van der Waals surface area contributed by atoms with Crippen LogP contribution in [-0.4, -0.2) is 108 Å². The van der Waals surface area contributed by atoms with Gasteiger partial charge in [-0.2, -0.15) is 29.9 Å². The van der Waals surface area contributed by atoms with Gasteiger partial charge in [0.2, 0.25) is 23.8 Å². The molecule has 0 bridgehead atoms. The van der Waals surface area contributed by atoms with E-state index in [-0.39, 0.29) is 0 Å². The zero-order valence-corrected chi connectivity index (χ0v) is 42.8. The van der Waals surface area contributed by atoms with Gasteiger partial charge >= 0.3 is 12.2 Å². The van der Waals surface area contributed by atoms with Crippen LogP contribution in [0.1, 0.15) is 101 Å². The summed E-state index contributed by atoms with van der Waals surface area (Å²) in [6, 6.07) is 28.3. The minimum atomic E-state index is -0.436. The molecule has 2 amide bonds. The Morgan fingerprint density at radius 3 is 1.33 bits per heavy atom. The van der Waals surface area contributed by atoms with Gasteiger partial charge in [0.1, 0.15) is 23.1 Å². The number of carbonyl (C=O) groups excluding carboxylic acids is 2. The van der Waals surface area contributed by atoms with Crippen LogP contribution in [0.15, 0.2) is 84.9 Å². The van der Waals surface area contributed by atoms with Crippen molar-refractivity contribution in [1.82, 2.24) is 40.5 Å². The summed E-state index contributed by atoms with van der Waals surface area (Å²) in [5.74, 6) is 5.34. The summed E-state index contributed by atoms with van der Waals surface area (Å²) >= 11 is 0. The Bertz CT molecular complexity index is 2460. The van der Waals surface area contributed by atoms with Gasteiger partial charge in [-0.3, -0.25) is 0 Å². The molecule has 4 N–H and O–H groups in total. The van der Waals surface area contributed by atoms with E-state index in [1.807, 2.05) is 60.7 Å². The lowest BCUT2D eigenvalue weighted by atomic mass is 10.1. The number of amides is 2. The largest absolute Gasteiger partial charge is 0.494 e. The van der Waals surface area contributed by atoms with Gasteiger partial charge < -0.3 is 50.0 Å². The normalized spacial score (nSPS) is 10.9. The third-order valence-electron chi connectivity index (χ3n) is 11.6. The van der Waals surface area contributed by atoms with Crippen molar-refractivity contribution in [3.05, 3.63) is 119 Å². The number of benzene rings is 4. The second-order valence-corrected chi connectivity index (χ2v) is 16.9. The minimum Gasteiger partial charge on any atom is -0.494 e. The number of hydrogen-bond acceptors (Lipinski definition) is 16. The Kier molecular flexibility index (Phi) is 21.7. The first-order valence-electron chi connectivity index (χ1n) is 25.4. The molecule has 2 aromatic heterocycles. The highest BCUT2D eigenvalue weighted by Crippen LogP contribution is 2.26. The van der Waals surface area contributed by atoms with E-state index in [0.29, 0.717) is 101 Å². The van der Waals surface area contributed by atoms with Crippen molar-refractivity contribution in [2.75, 3.05) is 86.1 Å². The number of nitrogens with zero attached hydrogens (tertiary/aromatic N) is 8. The van der Waals surface area contributed by atoms with Crippen molar-refractivity contribution in [1.29, 1.82) is 0 Å². The summed E-state index contributed by atoms with van der Waals surface area (Å²) in [6.07, 6.45) is 3.58. The number of nitrogens with one attached hydrogen (secondary N) is 4. The van der Waals surface area contributed by atoms with E-state index in [9.17, 15) is 9.59 Å². The van der Waals surface area contributed by atoms with Gasteiger partial charge in [0.25, 0.3) is 0 Å². The third kappa shape index (κ3) is 17.4. The summed E-state index contributed by atoms with van der Waals surface area (Å²) in [6.45, 7) is 18.9. The van der Waals surface area contributed by atoms with Crippen LogP contribution < -0.4 is 40.5 Å². The molecule has 72 heavy (non-hydrogen) atoms. The maximum absolute atomic E-state index is 11.8. The highest BCUT2D eigenvalue weighted by molar-refractivity contribution is 5.85. The lowest BCUT2D eigenvalue weighted by Crippen LogP contribution is -2.25. The van der Waals surface area contributed by atoms with Gasteiger partial charge in [-0.25, -0.2) is 9.59 Å². The molecule has 0 saturated carbocycles. The molecule has 384 valence electrons. The van der Waals surface area contributed by atoms with Crippen molar-refractivity contribution in [2.24, 2.45) is 0 Å². The summed E-state index contributed by atoms with van der Waals surface area (Å²) in [5.41, 5.74) is 4.00. The zero-order chi connectivity index (χ0) is 50.9. The molecular weight excluding hydrogens is 913 g/mol. The van der Waals surface area contributed by atoms with Crippen molar-refractivity contribution in [2.45, 2.75) is 93.2 Å². The number of hydrogen-bond donors (Lipinski definition) is 4. The molecule has 0 fully saturated rings. The van der Waals surface area contributed by atoms with Crippen molar-refractivity contribution < 1.29 is 28.5 Å². The zero-order valence-electron chi connectivity index (χ0n) is 42.8. The average molecular weight is 985 g/mol. The molecule has 0 unspecified atom stereocenters. The SMILES string of the molecule is CCOC(=O)NCc1cccc(Cc2nc(NCCCCOc3ccc4ccc(OCCCCNc5nc(Cc6cccc(CNC(=O)OCC)c6)nc(N(CC)CC)n5)cc4c3)nc(N(CC)CC)n2)c1. The summed E-state index contributed by atoms with van der Waals surface area (Å²) in [5, 5.41) is 14.6. The van der Waals surface area contributed by atoms with E-state index >= 15 is 0 Å². The number of alkyl carbamates (subject to hydrolysis) is 2. The minimum absolute atomic E-state index is 0.325. The Morgan fingerprint density at radius 2 is 0.917 bits per heavy atom. The summed E-state index contributed by atoms with van der Waals surface area (Å²) in [4.78, 5) is 56.5. The van der Waals surface area contributed by atoms with Crippen LogP contribution in [0.2, 0.25) is 0 Å². The van der Waals surface area contributed by atoms with Gasteiger partial charge in [-0.1, -0.05) is 60.7 Å². The Balaban J connectivity index is 0.942. The molecule has 0 aliphatic heterocycles. The molecule has 0 radical (unpaired) electrons. The molecule has 0 aliphatic rings. The topological polar surface area (TPSA) is 203 Å². The van der Waals surface area contributed by atoms with Gasteiger partial charge in [-0.15, -0.1) is 0 Å². The number of rotatable bonds is 30. The Hall–Kier alpha value is -7.50. The summed E-state index contributed by atoms with van der Waals surface area (Å²) < 4.78 is 22.4. The number of aromatic nitrogens is 6. The molecule has 2 heterocycles. The first-order valence-corrected chi connectivity index (χ1v) is 25.4. The Labute approximate surface area is 424 Å². The average Bonchev–Trinajstić information content (AvgIpc) is 3.38. The first kappa shape index (κ1) is 53.8. The van der Waals surface area contributed by atoms with Crippen molar-refractivity contribution >= 4 is 46.8 Å². The van der Waals surface area contributed by atoms with E-state index in [4.69, 9.17) is 48.9 Å². The molecule has 18 heteroatoms.